The molecule has 5 nitrogen and oxygen atoms in total. The van der Waals surface area contributed by atoms with E-state index in [1.54, 1.807) is 11.9 Å². The van der Waals surface area contributed by atoms with Crippen LogP contribution in [0.5, 0.6) is 0 Å². The quantitative estimate of drug-likeness (QED) is 0.748. The number of ether oxygens (including phenoxy) is 1. The lowest BCUT2D eigenvalue weighted by molar-refractivity contribution is -0.129. The molecule has 19 heavy (non-hydrogen) atoms. The van der Waals surface area contributed by atoms with Crippen LogP contribution in [0.25, 0.3) is 0 Å². The maximum atomic E-state index is 11.9. The average Bonchev–Trinajstić information content (AvgIpc) is 2.73. The van der Waals surface area contributed by atoms with Crippen LogP contribution in [-0.2, 0) is 9.53 Å². The SMILES string of the molecule is CN(C[C@@H]1CCCN1C(=O)CCl)C(=O)OC(C)(C)C. The molecule has 0 saturated carbocycles. The topological polar surface area (TPSA) is 49.9 Å². The van der Waals surface area contributed by atoms with Crippen molar-refractivity contribution in [3.63, 3.8) is 0 Å². The molecule has 0 bridgehead atoms. The van der Waals surface area contributed by atoms with Gasteiger partial charge < -0.3 is 14.5 Å². The number of likely N-dealkylation sites (tertiary alicyclic amines) is 1. The van der Waals surface area contributed by atoms with Gasteiger partial charge in [-0.25, -0.2) is 4.79 Å². The van der Waals surface area contributed by atoms with Gasteiger partial charge in [-0.15, -0.1) is 11.6 Å². The van der Waals surface area contributed by atoms with Crippen molar-refractivity contribution >= 4 is 23.6 Å². The highest BCUT2D eigenvalue weighted by Gasteiger charge is 2.31. The first-order valence-corrected chi connectivity index (χ1v) is 7.07. The highest BCUT2D eigenvalue weighted by atomic mass is 35.5. The van der Waals surface area contributed by atoms with Crippen LogP contribution in [0.2, 0.25) is 0 Å². The van der Waals surface area contributed by atoms with E-state index >= 15 is 0 Å². The van der Waals surface area contributed by atoms with E-state index < -0.39 is 5.60 Å². The van der Waals surface area contributed by atoms with Gasteiger partial charge in [0.25, 0.3) is 0 Å². The van der Waals surface area contributed by atoms with Gasteiger partial charge in [0.2, 0.25) is 5.91 Å². The molecule has 6 heteroatoms. The molecule has 110 valence electrons. The third-order valence-electron chi connectivity index (χ3n) is 3.00. The van der Waals surface area contributed by atoms with E-state index in [-0.39, 0.29) is 23.9 Å². The van der Waals surface area contributed by atoms with Gasteiger partial charge in [-0.1, -0.05) is 0 Å². The van der Waals surface area contributed by atoms with Crippen molar-refractivity contribution in [2.45, 2.75) is 45.3 Å². The molecule has 1 rings (SSSR count). The number of rotatable bonds is 3. The van der Waals surface area contributed by atoms with Gasteiger partial charge in [0.15, 0.2) is 0 Å². The molecule has 0 aromatic rings. The van der Waals surface area contributed by atoms with Crippen LogP contribution < -0.4 is 0 Å². The second-order valence-corrected chi connectivity index (χ2v) is 6.14. The van der Waals surface area contributed by atoms with Crippen molar-refractivity contribution in [3.05, 3.63) is 0 Å². The van der Waals surface area contributed by atoms with E-state index in [1.165, 1.54) is 4.90 Å². The number of alkyl halides is 1. The van der Waals surface area contributed by atoms with E-state index in [9.17, 15) is 9.59 Å². The fourth-order valence-electron chi connectivity index (χ4n) is 2.16. The highest BCUT2D eigenvalue weighted by Crippen LogP contribution is 2.19. The van der Waals surface area contributed by atoms with Crippen molar-refractivity contribution in [2.24, 2.45) is 0 Å². The Bertz CT molecular complexity index is 341. The van der Waals surface area contributed by atoms with Gasteiger partial charge in [-0.05, 0) is 33.6 Å². The van der Waals surface area contributed by atoms with Gasteiger partial charge in [0, 0.05) is 26.2 Å². The van der Waals surface area contributed by atoms with Gasteiger partial charge in [-0.3, -0.25) is 4.79 Å². The maximum Gasteiger partial charge on any atom is 0.410 e. The average molecular weight is 291 g/mol. The zero-order valence-corrected chi connectivity index (χ0v) is 12.9. The number of nitrogens with zero attached hydrogens (tertiary/aromatic N) is 2. The zero-order chi connectivity index (χ0) is 14.6. The van der Waals surface area contributed by atoms with E-state index in [1.807, 2.05) is 20.8 Å². The van der Waals surface area contributed by atoms with Crippen LogP contribution in [-0.4, -0.2) is 59.5 Å². The minimum Gasteiger partial charge on any atom is -0.444 e. The van der Waals surface area contributed by atoms with Crippen molar-refractivity contribution in [1.82, 2.24) is 9.80 Å². The lowest BCUT2D eigenvalue weighted by Crippen LogP contribution is -2.45. The predicted molar refractivity (Wildman–Crippen MR) is 74.3 cm³/mol. The molecule has 1 aliphatic heterocycles. The van der Waals surface area contributed by atoms with Crippen molar-refractivity contribution < 1.29 is 14.3 Å². The minimum absolute atomic E-state index is 0.00729. The molecule has 0 N–H and O–H groups in total. The second kappa shape index (κ2) is 6.46. The number of halogens is 1. The largest absolute Gasteiger partial charge is 0.444 e. The van der Waals surface area contributed by atoms with Crippen LogP contribution >= 0.6 is 11.6 Å². The van der Waals surface area contributed by atoms with E-state index in [2.05, 4.69) is 0 Å². The highest BCUT2D eigenvalue weighted by molar-refractivity contribution is 6.27. The molecule has 0 radical (unpaired) electrons. The minimum atomic E-state index is -0.507. The molecule has 1 heterocycles. The molecule has 0 aliphatic carbocycles. The summed E-state index contributed by atoms with van der Waals surface area (Å²) in [6.45, 7) is 6.70. The number of carbonyl (C=O) groups is 2. The molecule has 0 aromatic carbocycles. The first kappa shape index (κ1) is 16.1. The molecular weight excluding hydrogens is 268 g/mol. The standard InChI is InChI=1S/C13H23ClN2O3/c1-13(2,3)19-12(18)15(4)9-10-6-5-7-16(10)11(17)8-14/h10H,5-9H2,1-4H3/t10-/m0/s1. The summed E-state index contributed by atoms with van der Waals surface area (Å²) in [6, 6.07) is 0.0452. The van der Waals surface area contributed by atoms with E-state index in [0.29, 0.717) is 6.54 Å². The summed E-state index contributed by atoms with van der Waals surface area (Å²) < 4.78 is 5.29. The fraction of sp³-hybridized carbons (Fsp3) is 0.846. The number of amides is 2. The summed E-state index contributed by atoms with van der Waals surface area (Å²) in [7, 11) is 1.69. The second-order valence-electron chi connectivity index (χ2n) is 5.88. The van der Waals surface area contributed by atoms with Gasteiger partial charge in [0.1, 0.15) is 11.5 Å². The Kier molecular flexibility index (Phi) is 5.47. The molecule has 1 fully saturated rings. The van der Waals surface area contributed by atoms with Crippen LogP contribution in [0.3, 0.4) is 0 Å². The molecule has 0 spiro atoms. The van der Waals surface area contributed by atoms with Gasteiger partial charge in [-0.2, -0.15) is 0 Å². The third-order valence-corrected chi connectivity index (χ3v) is 3.23. The van der Waals surface area contributed by atoms with Gasteiger partial charge in [0.05, 0.1) is 0 Å². The maximum absolute atomic E-state index is 11.9. The summed E-state index contributed by atoms with van der Waals surface area (Å²) in [5, 5.41) is 0. The lowest BCUT2D eigenvalue weighted by Gasteiger charge is -2.30. The summed E-state index contributed by atoms with van der Waals surface area (Å²) in [4.78, 5) is 26.8. The zero-order valence-electron chi connectivity index (χ0n) is 12.1. The summed E-state index contributed by atoms with van der Waals surface area (Å²) in [5.41, 5.74) is -0.507. The van der Waals surface area contributed by atoms with Crippen molar-refractivity contribution in [1.29, 1.82) is 0 Å². The Labute approximate surface area is 119 Å². The van der Waals surface area contributed by atoms with Crippen LogP contribution in [0.4, 0.5) is 4.79 Å². The van der Waals surface area contributed by atoms with Crippen LogP contribution in [0.1, 0.15) is 33.6 Å². The Morgan fingerprint density at radius 3 is 2.58 bits per heavy atom. The Morgan fingerprint density at radius 2 is 2.05 bits per heavy atom. The lowest BCUT2D eigenvalue weighted by atomic mass is 10.2. The monoisotopic (exact) mass is 290 g/mol. The first-order valence-electron chi connectivity index (χ1n) is 6.54. The summed E-state index contributed by atoms with van der Waals surface area (Å²) in [5.74, 6) is -0.0751. The fourth-order valence-corrected chi connectivity index (χ4v) is 2.31. The predicted octanol–water partition coefficient (Wildman–Crippen LogP) is 2.08. The van der Waals surface area contributed by atoms with Crippen LogP contribution in [0, 0.1) is 0 Å². The van der Waals surface area contributed by atoms with Crippen molar-refractivity contribution in [3.8, 4) is 0 Å². The third kappa shape index (κ3) is 4.90. The number of carbonyl (C=O) groups excluding carboxylic acids is 2. The molecule has 1 aliphatic rings. The van der Waals surface area contributed by atoms with Crippen LogP contribution in [0.15, 0.2) is 0 Å². The molecule has 1 atom stereocenters. The number of hydrogen-bond donors (Lipinski definition) is 0. The molecular formula is C13H23ClN2O3. The smallest absolute Gasteiger partial charge is 0.410 e. The Hall–Kier alpha value is -0.970. The van der Waals surface area contributed by atoms with Crippen molar-refractivity contribution in [2.75, 3.05) is 26.0 Å². The van der Waals surface area contributed by atoms with Gasteiger partial charge >= 0.3 is 6.09 Å². The number of likely N-dealkylation sites (N-methyl/N-ethyl adjacent to an activating group) is 1. The Morgan fingerprint density at radius 1 is 1.42 bits per heavy atom. The number of hydrogen-bond acceptors (Lipinski definition) is 3. The molecule has 2 amide bonds. The molecule has 0 unspecified atom stereocenters. The molecule has 1 saturated heterocycles. The first-order chi connectivity index (χ1) is 8.74. The molecule has 0 aromatic heterocycles. The summed E-state index contributed by atoms with van der Waals surface area (Å²) >= 11 is 5.59. The normalized spacial score (nSPS) is 19.4. The summed E-state index contributed by atoms with van der Waals surface area (Å²) in [6.07, 6.45) is 1.49. The van der Waals surface area contributed by atoms with E-state index in [4.69, 9.17) is 16.3 Å². The Balaban J connectivity index is 2.54. The van der Waals surface area contributed by atoms with E-state index in [0.717, 1.165) is 19.4 Å².